The average Bonchev–Trinajstić information content (AvgIpc) is 2.85. The van der Waals surface area contributed by atoms with Gasteiger partial charge in [0.15, 0.2) is 11.6 Å². The zero-order valence-electron chi connectivity index (χ0n) is 9.93. The first kappa shape index (κ1) is 12.1. The molecule has 4 nitrogen and oxygen atoms in total. The number of hydrogen-bond donors (Lipinski definition) is 0. The predicted molar refractivity (Wildman–Crippen MR) is 63.3 cm³/mol. The molecule has 5 heteroatoms. The van der Waals surface area contributed by atoms with Crippen molar-refractivity contribution in [2.75, 3.05) is 0 Å². The van der Waals surface area contributed by atoms with Crippen LogP contribution in [0.5, 0.6) is 5.75 Å². The summed E-state index contributed by atoms with van der Waals surface area (Å²) in [6, 6.07) is 6.01. The van der Waals surface area contributed by atoms with E-state index in [1.807, 2.05) is 19.2 Å². The van der Waals surface area contributed by atoms with Crippen molar-refractivity contribution in [1.29, 1.82) is 5.26 Å². The molecule has 1 aromatic carbocycles. The van der Waals surface area contributed by atoms with E-state index in [0.717, 1.165) is 18.2 Å². The molecule has 1 heterocycles. The van der Waals surface area contributed by atoms with E-state index in [2.05, 4.69) is 5.10 Å². The normalized spacial score (nSPS) is 10.1. The lowest BCUT2D eigenvalue weighted by Gasteiger charge is -2.05. The van der Waals surface area contributed by atoms with Crippen LogP contribution in [0.25, 0.3) is 0 Å². The quantitative estimate of drug-likeness (QED) is 0.831. The van der Waals surface area contributed by atoms with Crippen molar-refractivity contribution in [3.05, 3.63) is 47.5 Å². The van der Waals surface area contributed by atoms with Crippen LogP contribution in [-0.2, 0) is 13.2 Å². The second-order valence-electron chi connectivity index (χ2n) is 3.75. The van der Waals surface area contributed by atoms with Crippen LogP contribution in [0.4, 0.5) is 4.39 Å². The number of aryl methyl sites for hydroxylation is 1. The van der Waals surface area contributed by atoms with E-state index in [9.17, 15) is 4.39 Å². The first-order valence-corrected chi connectivity index (χ1v) is 5.56. The molecule has 0 bridgehead atoms. The smallest absolute Gasteiger partial charge is 0.166 e. The number of hydrogen-bond acceptors (Lipinski definition) is 3. The van der Waals surface area contributed by atoms with Gasteiger partial charge in [-0.1, -0.05) is 0 Å². The Bertz CT molecular complexity index is 586. The summed E-state index contributed by atoms with van der Waals surface area (Å²) in [5.74, 6) is -0.393. The van der Waals surface area contributed by atoms with Gasteiger partial charge >= 0.3 is 0 Å². The highest BCUT2D eigenvalue weighted by atomic mass is 19.1. The molecular formula is C13H12FN3O. The number of nitrogens with zero attached hydrogens (tertiary/aromatic N) is 3. The lowest BCUT2D eigenvalue weighted by Crippen LogP contribution is -1.97. The maximum absolute atomic E-state index is 13.5. The fourth-order valence-corrected chi connectivity index (χ4v) is 1.50. The highest BCUT2D eigenvalue weighted by Crippen LogP contribution is 2.19. The molecule has 0 aliphatic rings. The Labute approximate surface area is 104 Å². The fourth-order valence-electron chi connectivity index (χ4n) is 1.50. The van der Waals surface area contributed by atoms with Gasteiger partial charge in [0.2, 0.25) is 0 Å². The first-order chi connectivity index (χ1) is 8.72. The zero-order chi connectivity index (χ0) is 13.0. The Hall–Kier alpha value is -2.35. The van der Waals surface area contributed by atoms with E-state index < -0.39 is 5.82 Å². The third kappa shape index (κ3) is 2.66. The number of rotatable bonds is 4. The summed E-state index contributed by atoms with van der Waals surface area (Å²) in [4.78, 5) is 0. The van der Waals surface area contributed by atoms with Crippen LogP contribution in [0.3, 0.4) is 0 Å². The topological polar surface area (TPSA) is 50.8 Å². The number of nitriles is 1. The summed E-state index contributed by atoms with van der Waals surface area (Å²) in [5, 5.41) is 12.7. The maximum atomic E-state index is 13.5. The predicted octanol–water partition coefficient (Wildman–Crippen LogP) is 2.49. The maximum Gasteiger partial charge on any atom is 0.166 e. The molecule has 0 fully saturated rings. The molecule has 92 valence electrons. The van der Waals surface area contributed by atoms with Crippen molar-refractivity contribution in [2.45, 2.75) is 20.1 Å². The molecule has 0 amide bonds. The molecule has 0 N–H and O–H groups in total. The second kappa shape index (κ2) is 5.32. The lowest BCUT2D eigenvalue weighted by atomic mass is 10.2. The molecule has 0 atom stereocenters. The number of aromatic nitrogens is 2. The molecule has 0 saturated heterocycles. The van der Waals surface area contributed by atoms with Gasteiger partial charge in [-0.25, -0.2) is 4.39 Å². The third-order valence-electron chi connectivity index (χ3n) is 2.47. The van der Waals surface area contributed by atoms with Gasteiger partial charge in [-0.05, 0) is 25.1 Å². The third-order valence-corrected chi connectivity index (χ3v) is 2.47. The summed E-state index contributed by atoms with van der Waals surface area (Å²) in [6.07, 6.45) is 3.53. The van der Waals surface area contributed by atoms with Gasteiger partial charge in [-0.2, -0.15) is 10.4 Å². The average molecular weight is 245 g/mol. The Morgan fingerprint density at radius 1 is 1.50 bits per heavy atom. The van der Waals surface area contributed by atoms with Crippen molar-refractivity contribution >= 4 is 0 Å². The first-order valence-electron chi connectivity index (χ1n) is 5.56. The summed E-state index contributed by atoms with van der Waals surface area (Å²) < 4.78 is 20.6. The van der Waals surface area contributed by atoms with Crippen molar-refractivity contribution in [3.63, 3.8) is 0 Å². The summed E-state index contributed by atoms with van der Waals surface area (Å²) in [7, 11) is 0. The van der Waals surface area contributed by atoms with E-state index in [4.69, 9.17) is 10.00 Å². The van der Waals surface area contributed by atoms with Gasteiger partial charge < -0.3 is 4.74 Å². The van der Waals surface area contributed by atoms with Crippen LogP contribution in [-0.4, -0.2) is 9.78 Å². The molecule has 0 saturated carbocycles. The summed E-state index contributed by atoms with van der Waals surface area (Å²) in [5.41, 5.74) is 1.15. The Balaban J connectivity index is 2.04. The number of benzene rings is 1. The Morgan fingerprint density at radius 2 is 2.33 bits per heavy atom. The SMILES string of the molecule is CCn1cc(COc2ccc(C#N)cc2F)cn1. The monoisotopic (exact) mass is 245 g/mol. The van der Waals surface area contributed by atoms with Crippen LogP contribution in [0.1, 0.15) is 18.1 Å². The largest absolute Gasteiger partial charge is 0.486 e. The van der Waals surface area contributed by atoms with Gasteiger partial charge in [0.1, 0.15) is 6.61 Å². The molecule has 1 aromatic heterocycles. The highest BCUT2D eigenvalue weighted by Gasteiger charge is 2.05. The molecule has 2 rings (SSSR count). The molecule has 18 heavy (non-hydrogen) atoms. The van der Waals surface area contributed by atoms with Crippen molar-refractivity contribution in [1.82, 2.24) is 9.78 Å². The molecule has 0 unspecified atom stereocenters. The van der Waals surface area contributed by atoms with Gasteiger partial charge in [0, 0.05) is 18.3 Å². The summed E-state index contributed by atoms with van der Waals surface area (Å²) in [6.45, 7) is 3.02. The Morgan fingerprint density at radius 3 is 2.94 bits per heavy atom. The van der Waals surface area contributed by atoms with Crippen molar-refractivity contribution < 1.29 is 9.13 Å². The molecular weight excluding hydrogens is 233 g/mol. The van der Waals surface area contributed by atoms with Crippen LogP contribution < -0.4 is 4.74 Å². The van der Waals surface area contributed by atoms with Gasteiger partial charge in [0.25, 0.3) is 0 Å². The lowest BCUT2D eigenvalue weighted by molar-refractivity contribution is 0.290. The van der Waals surface area contributed by atoms with E-state index in [1.165, 1.54) is 12.1 Å². The molecule has 2 aromatic rings. The van der Waals surface area contributed by atoms with E-state index >= 15 is 0 Å². The molecule has 0 aliphatic heterocycles. The standard InChI is InChI=1S/C13H12FN3O/c1-2-17-8-11(7-16-17)9-18-13-4-3-10(6-15)5-12(13)14/h3-5,7-8H,2,9H2,1H3. The molecule has 0 spiro atoms. The fraction of sp³-hybridized carbons (Fsp3) is 0.231. The van der Waals surface area contributed by atoms with Crippen LogP contribution in [0, 0.1) is 17.1 Å². The van der Waals surface area contributed by atoms with E-state index in [0.29, 0.717) is 0 Å². The van der Waals surface area contributed by atoms with Gasteiger partial charge in [-0.3, -0.25) is 4.68 Å². The van der Waals surface area contributed by atoms with Crippen molar-refractivity contribution in [2.24, 2.45) is 0 Å². The van der Waals surface area contributed by atoms with Crippen LogP contribution in [0.15, 0.2) is 30.6 Å². The van der Waals surface area contributed by atoms with Crippen LogP contribution in [0.2, 0.25) is 0 Å². The van der Waals surface area contributed by atoms with Crippen LogP contribution >= 0.6 is 0 Å². The number of ether oxygens (including phenoxy) is 1. The van der Waals surface area contributed by atoms with Gasteiger partial charge in [0.05, 0.1) is 17.8 Å². The Kier molecular flexibility index (Phi) is 3.58. The van der Waals surface area contributed by atoms with E-state index in [-0.39, 0.29) is 17.9 Å². The van der Waals surface area contributed by atoms with Gasteiger partial charge in [-0.15, -0.1) is 0 Å². The minimum absolute atomic E-state index is 0.137. The van der Waals surface area contributed by atoms with Crippen molar-refractivity contribution in [3.8, 4) is 11.8 Å². The number of halogens is 1. The van der Waals surface area contributed by atoms with E-state index in [1.54, 1.807) is 10.9 Å². The second-order valence-corrected chi connectivity index (χ2v) is 3.75. The highest BCUT2D eigenvalue weighted by molar-refractivity contribution is 5.36. The molecule has 0 aliphatic carbocycles. The molecule has 0 radical (unpaired) electrons. The zero-order valence-corrected chi connectivity index (χ0v) is 9.93. The minimum atomic E-state index is -0.531. The minimum Gasteiger partial charge on any atom is -0.486 e. The summed E-state index contributed by atoms with van der Waals surface area (Å²) >= 11 is 0.